The van der Waals surface area contributed by atoms with Crippen molar-refractivity contribution in [1.29, 1.82) is 0 Å². The molecule has 1 aromatic carbocycles. The lowest BCUT2D eigenvalue weighted by Crippen LogP contribution is -2.35. The van der Waals surface area contributed by atoms with E-state index in [1.165, 1.54) is 18.8 Å². The minimum atomic E-state index is -0.637. The van der Waals surface area contributed by atoms with Crippen LogP contribution < -0.4 is 4.74 Å². The second-order valence-electron chi connectivity index (χ2n) is 7.81. The molecular formula is C23H27NO6. The van der Waals surface area contributed by atoms with Crippen LogP contribution in [-0.2, 0) is 9.53 Å². The largest absolute Gasteiger partial charge is 0.508 e. The number of nitrogens with zero attached hydrogens (tertiary/aromatic N) is 1. The van der Waals surface area contributed by atoms with E-state index in [4.69, 9.17) is 14.0 Å². The first-order valence-electron chi connectivity index (χ1n) is 10.1. The molecule has 2 atom stereocenters. The van der Waals surface area contributed by atoms with Gasteiger partial charge in [-0.3, -0.25) is 4.79 Å². The number of ether oxygens (including phenoxy) is 2. The Morgan fingerprint density at radius 2 is 1.83 bits per heavy atom. The molecule has 1 N–H and O–H groups in total. The van der Waals surface area contributed by atoms with E-state index in [1.54, 1.807) is 20.8 Å². The Balaban J connectivity index is 0.000000806. The Bertz CT molecular complexity index is 1030. The summed E-state index contributed by atoms with van der Waals surface area (Å²) < 4.78 is 16.8. The summed E-state index contributed by atoms with van der Waals surface area (Å²) in [5.41, 5.74) is 2.54. The molecule has 0 fully saturated rings. The van der Waals surface area contributed by atoms with Crippen LogP contribution in [0.15, 0.2) is 28.2 Å². The Hall–Kier alpha value is -3.09. The van der Waals surface area contributed by atoms with Crippen molar-refractivity contribution in [3.05, 3.63) is 40.5 Å². The van der Waals surface area contributed by atoms with E-state index < -0.39 is 12.1 Å². The summed E-state index contributed by atoms with van der Waals surface area (Å²) in [4.78, 5) is 25.2. The topological polar surface area (TPSA) is 98.9 Å². The standard InChI is InChI=1S/C20H19NO6.C3H8/c1-8-5-14(22)10(3)19-17(8)26-18-9(2)15(23)6-12(16(18)20(24)27-19)13-7-25-21-11(13)4;1-3-2/h6-8,17,23H,5H2,1-4H3;3H2,1-2H3. The number of aromatic hydroxyl groups is 1. The molecule has 7 nitrogen and oxygen atoms in total. The monoisotopic (exact) mass is 413 g/mol. The molecule has 0 amide bonds. The van der Waals surface area contributed by atoms with Crippen LogP contribution in [0.4, 0.5) is 0 Å². The number of ketones is 1. The molecule has 2 aromatic rings. The molecule has 1 aromatic heterocycles. The smallest absolute Gasteiger partial charge is 0.347 e. The van der Waals surface area contributed by atoms with Crippen molar-refractivity contribution in [2.75, 3.05) is 0 Å². The fourth-order valence-electron chi connectivity index (χ4n) is 3.60. The van der Waals surface area contributed by atoms with Crippen LogP contribution in [0, 0.1) is 19.8 Å². The van der Waals surface area contributed by atoms with Gasteiger partial charge in [0, 0.05) is 34.6 Å². The van der Waals surface area contributed by atoms with Crippen LogP contribution in [0.1, 0.15) is 62.2 Å². The average molecular weight is 413 g/mol. The van der Waals surface area contributed by atoms with Crippen LogP contribution in [0.25, 0.3) is 11.1 Å². The van der Waals surface area contributed by atoms with Gasteiger partial charge in [0.15, 0.2) is 17.6 Å². The van der Waals surface area contributed by atoms with Gasteiger partial charge in [-0.25, -0.2) is 4.79 Å². The average Bonchev–Trinajstić information content (AvgIpc) is 3.04. The minimum Gasteiger partial charge on any atom is -0.508 e. The number of Topliss-reactive ketones (excluding diaryl/α,β-unsaturated/α-hetero) is 1. The summed E-state index contributed by atoms with van der Waals surface area (Å²) in [5, 5.41) is 14.3. The molecule has 2 unspecified atom stereocenters. The highest BCUT2D eigenvalue weighted by Crippen LogP contribution is 2.45. The number of benzene rings is 1. The van der Waals surface area contributed by atoms with Crippen molar-refractivity contribution >= 4 is 11.8 Å². The molecule has 1 aliphatic carbocycles. The van der Waals surface area contributed by atoms with Crippen molar-refractivity contribution in [1.82, 2.24) is 5.16 Å². The number of carbonyl (C=O) groups excluding carboxylic acids is 2. The highest BCUT2D eigenvalue weighted by Gasteiger charge is 2.41. The molecule has 0 bridgehead atoms. The molecule has 160 valence electrons. The second kappa shape index (κ2) is 8.34. The zero-order chi connectivity index (χ0) is 22.2. The van der Waals surface area contributed by atoms with Crippen molar-refractivity contribution < 1.29 is 28.7 Å². The van der Waals surface area contributed by atoms with Crippen LogP contribution in [0.5, 0.6) is 11.5 Å². The lowest BCUT2D eigenvalue weighted by Gasteiger charge is -2.29. The number of phenols is 1. The van der Waals surface area contributed by atoms with E-state index in [1.807, 2.05) is 6.92 Å². The van der Waals surface area contributed by atoms with E-state index in [0.717, 1.165) is 0 Å². The molecule has 30 heavy (non-hydrogen) atoms. The van der Waals surface area contributed by atoms with Gasteiger partial charge in [-0.1, -0.05) is 32.3 Å². The van der Waals surface area contributed by atoms with E-state index in [0.29, 0.717) is 34.4 Å². The van der Waals surface area contributed by atoms with Crippen LogP contribution in [0.3, 0.4) is 0 Å². The van der Waals surface area contributed by atoms with E-state index >= 15 is 0 Å². The van der Waals surface area contributed by atoms with Crippen LogP contribution >= 0.6 is 0 Å². The molecular weight excluding hydrogens is 386 g/mol. The molecule has 2 heterocycles. The molecule has 2 aliphatic rings. The number of hydrogen-bond donors (Lipinski definition) is 1. The number of carbonyl (C=O) groups is 2. The number of esters is 1. The van der Waals surface area contributed by atoms with Gasteiger partial charge in [0.05, 0.1) is 5.69 Å². The number of phenolic OH excluding ortho intramolecular Hbond substituents is 1. The van der Waals surface area contributed by atoms with E-state index in [2.05, 4.69) is 19.0 Å². The van der Waals surface area contributed by atoms with Gasteiger partial charge in [-0.05, 0) is 26.8 Å². The zero-order valence-electron chi connectivity index (χ0n) is 18.2. The number of fused-ring (bicyclic) bond motifs is 2. The summed E-state index contributed by atoms with van der Waals surface area (Å²) in [5.74, 6) is -0.386. The zero-order valence-corrected chi connectivity index (χ0v) is 18.2. The summed E-state index contributed by atoms with van der Waals surface area (Å²) in [6.45, 7) is 11.2. The third-order valence-corrected chi connectivity index (χ3v) is 5.26. The summed E-state index contributed by atoms with van der Waals surface area (Å²) >= 11 is 0. The van der Waals surface area contributed by atoms with Crippen molar-refractivity contribution in [2.45, 2.75) is 60.5 Å². The van der Waals surface area contributed by atoms with E-state index in [9.17, 15) is 14.7 Å². The quantitative estimate of drug-likeness (QED) is 0.665. The molecule has 4 rings (SSSR count). The normalized spacial score (nSPS) is 20.3. The second-order valence-corrected chi connectivity index (χ2v) is 7.81. The molecule has 0 saturated heterocycles. The number of aromatic nitrogens is 1. The summed E-state index contributed by atoms with van der Waals surface area (Å²) in [6, 6.07) is 1.48. The van der Waals surface area contributed by atoms with Gasteiger partial charge < -0.3 is 19.1 Å². The highest BCUT2D eigenvalue weighted by molar-refractivity contribution is 6.03. The third-order valence-electron chi connectivity index (χ3n) is 5.26. The van der Waals surface area contributed by atoms with Crippen molar-refractivity contribution in [3.63, 3.8) is 0 Å². The van der Waals surface area contributed by atoms with Crippen molar-refractivity contribution in [3.8, 4) is 22.6 Å². The number of hydrogen-bond acceptors (Lipinski definition) is 7. The Morgan fingerprint density at radius 3 is 2.43 bits per heavy atom. The molecule has 0 radical (unpaired) electrons. The number of aryl methyl sites for hydroxylation is 1. The predicted molar refractivity (Wildman–Crippen MR) is 110 cm³/mol. The molecule has 7 heteroatoms. The lowest BCUT2D eigenvalue weighted by atomic mass is 9.86. The summed E-state index contributed by atoms with van der Waals surface area (Å²) in [7, 11) is 0. The minimum absolute atomic E-state index is 0.0131. The third kappa shape index (κ3) is 3.60. The SMILES string of the molecule is CC1=C2OC(=O)c3c(-c4conc4C)cc(O)c(C)c3OC2C(C)CC1=O.CCC. The van der Waals surface area contributed by atoms with Gasteiger partial charge in [-0.15, -0.1) is 0 Å². The first-order valence-corrected chi connectivity index (χ1v) is 10.1. The van der Waals surface area contributed by atoms with Gasteiger partial charge in [0.1, 0.15) is 23.3 Å². The lowest BCUT2D eigenvalue weighted by molar-refractivity contribution is -0.118. The van der Waals surface area contributed by atoms with Crippen molar-refractivity contribution in [2.24, 2.45) is 5.92 Å². The molecule has 0 saturated carbocycles. The van der Waals surface area contributed by atoms with Crippen LogP contribution in [0.2, 0.25) is 0 Å². The maximum atomic E-state index is 13.0. The Kier molecular flexibility index (Phi) is 6.01. The Labute approximate surface area is 175 Å². The predicted octanol–water partition coefficient (Wildman–Crippen LogP) is 4.88. The van der Waals surface area contributed by atoms with Gasteiger partial charge in [-0.2, -0.15) is 0 Å². The van der Waals surface area contributed by atoms with Gasteiger partial charge >= 0.3 is 5.97 Å². The van der Waals surface area contributed by atoms with Gasteiger partial charge in [0.2, 0.25) is 0 Å². The fraction of sp³-hybridized carbons (Fsp3) is 0.435. The maximum Gasteiger partial charge on any atom is 0.347 e. The highest BCUT2D eigenvalue weighted by atomic mass is 16.6. The molecule has 0 spiro atoms. The van der Waals surface area contributed by atoms with E-state index in [-0.39, 0.29) is 34.5 Å². The summed E-state index contributed by atoms with van der Waals surface area (Å²) in [6.07, 6.45) is 2.38. The maximum absolute atomic E-state index is 13.0. The first kappa shape index (κ1) is 21.6. The first-order chi connectivity index (χ1) is 14.2. The fourth-order valence-corrected chi connectivity index (χ4v) is 3.60. The Morgan fingerprint density at radius 1 is 1.17 bits per heavy atom. The molecule has 1 aliphatic heterocycles. The van der Waals surface area contributed by atoms with Crippen LogP contribution in [-0.4, -0.2) is 28.1 Å². The van der Waals surface area contributed by atoms with Gasteiger partial charge in [0.25, 0.3) is 0 Å². The number of allylic oxidation sites excluding steroid dienone is 1. The number of rotatable bonds is 1.